The van der Waals surface area contributed by atoms with Crippen LogP contribution >= 0.6 is 37.5 Å². The fourth-order valence-corrected chi connectivity index (χ4v) is 17.0. The van der Waals surface area contributed by atoms with Crippen LogP contribution in [-0.2, 0) is 107 Å². The Balaban J connectivity index is -0.000000842. The van der Waals surface area contributed by atoms with Crippen LogP contribution in [0, 0.1) is 46.4 Å². The molecule has 9 unspecified atom stereocenters. The summed E-state index contributed by atoms with van der Waals surface area (Å²) in [6.45, 7) is 9.00. The summed E-state index contributed by atoms with van der Waals surface area (Å²) in [4.78, 5) is 181. The summed E-state index contributed by atoms with van der Waals surface area (Å²) >= 11 is 0. The number of rotatable bonds is 43. The number of aliphatic hydroxyl groups is 4. The molecule has 14 atom stereocenters. The normalized spacial score (nSPS) is 14.2. The lowest BCUT2D eigenvalue weighted by atomic mass is 10.1. The van der Waals surface area contributed by atoms with Crippen LogP contribution in [0.25, 0.3) is 0 Å². The zero-order valence-electron chi connectivity index (χ0n) is 73.2. The number of amides is 3. The van der Waals surface area contributed by atoms with E-state index in [4.69, 9.17) is 40.8 Å². The van der Waals surface area contributed by atoms with Crippen molar-refractivity contribution in [2.24, 2.45) is 17.4 Å². The van der Waals surface area contributed by atoms with Crippen LogP contribution in [0.3, 0.4) is 0 Å². The van der Waals surface area contributed by atoms with Gasteiger partial charge in [0.05, 0.1) is 41.0 Å². The van der Waals surface area contributed by atoms with Crippen molar-refractivity contribution in [3.8, 4) is 0 Å². The number of benzene rings is 5. The number of methoxy groups -OCH3 is 3. The predicted molar refractivity (Wildman–Crippen MR) is 504 cm³/mol. The van der Waals surface area contributed by atoms with Gasteiger partial charge < -0.3 is 115 Å². The second-order valence-corrected chi connectivity index (χ2v) is 39.3. The van der Waals surface area contributed by atoms with E-state index >= 15 is 0 Å². The number of furan rings is 2. The second-order valence-electron chi connectivity index (χ2n) is 28.3. The molecule has 0 saturated heterocycles. The molecule has 2 heterocycles. The average molecular weight is 2160 g/mol. The van der Waals surface area contributed by atoms with E-state index in [1.807, 2.05) is 37.3 Å². The number of carboxylic acid groups (broad SMARTS) is 2. The number of nitrogens with two attached hydrogens (primary N) is 2. The molecule has 0 aliphatic carbocycles. The number of nitrogens with one attached hydrogen (secondary N) is 3. The van der Waals surface area contributed by atoms with E-state index in [2.05, 4.69) is 52.2 Å². The maximum Gasteiger partial charge on any atom is 0.505 e. The number of hydrogen-bond donors (Lipinski definition) is 16. The Hall–Kier alpha value is -12.9. The maximum atomic E-state index is 12.8. The lowest BCUT2D eigenvalue weighted by molar-refractivity contribution is -0.396. The second kappa shape index (κ2) is 65.4. The quantitative estimate of drug-likeness (QED) is 0.00321. The number of ether oxygens (including phenoxy) is 6. The number of aliphatic carboxylic acids is 2. The lowest BCUT2D eigenvalue weighted by Crippen LogP contribution is -2.42. The van der Waals surface area contributed by atoms with Gasteiger partial charge in [0.1, 0.15) is 72.7 Å². The minimum atomic E-state index is -4.84. The highest BCUT2D eigenvalue weighted by atomic mass is 31.2. The van der Waals surface area contributed by atoms with Crippen molar-refractivity contribution < 1.29 is 200 Å². The molecular formula is C84H117F6N9O40P5+. The highest BCUT2D eigenvalue weighted by Crippen LogP contribution is 2.60. The molecule has 2 aromatic heterocycles. The van der Waals surface area contributed by atoms with Crippen molar-refractivity contribution in [1.29, 1.82) is 0 Å². The van der Waals surface area contributed by atoms with Gasteiger partial charge in [-0.3, -0.25) is 68.3 Å². The maximum absolute atomic E-state index is 12.8. The number of nitro benzene ring substituents is 4. The molecule has 0 bridgehead atoms. The molecule has 0 spiro atoms. The van der Waals surface area contributed by atoms with E-state index in [0.29, 0.717) is 29.2 Å². The van der Waals surface area contributed by atoms with E-state index < -0.39 is 279 Å². The van der Waals surface area contributed by atoms with Gasteiger partial charge in [0, 0.05) is 55.3 Å². The standard InChI is InChI=1S/C20H22N3O11P.C19H21F3NO8P.C13H16NO6P.C11H14N3O9P.C10H13F3NO6P.C6H10.5CH4/c1-33-18(24)14(21-20(26)34-12-13-6-3-2-4-7-13)10-11-35(31,32)19(25)17-15(22(27)28)8-5-9-16(17)23(29)30;1-29-16(24)13(23-18(26)30-11-12-5-3-2-4-6-12)9-10-32(27,28)17(25)14-7-8-15(31-14)19(20,21)22;1-19-12(15)11(7-8-21(17)18)14-13(16)20-9-10-5-3-2-4-6-10;12-6(10(15)16)4-5-24(22,23)11(17)9-7(13(18)19)2-1-3-8(9)14(20)21;11-10(12,13)7-2-1-6(20-7)9(17)21(18,19)4-3-5(14)8(15)16;1-4-6(3)5-2;;;;;/h2-9,14,19,25H,10-12H2,1H3,(H,21,26)(H,31,32);2-8,13,17,25H,9-11H2,1H3,(H,23,26)(H,27,28);2-6,11H,7-9H2,1H3,(H-,14,16,17,18);1-3,6,11,17H,4-5,12H2,(H,15,16)(H,22,23);1-2,5,9,17H,3-4,14H2,(H,15,16)(H,18,19);4-6H,1-2H2,3H3;5*1H4/p+1/t14-,19?;13-,17?;11-;6-,11?;5-,9?;;;;;;/m00000....../s1. The average Bonchev–Trinajstić information content (AvgIpc) is 0.849. The number of nitro groups is 4. The van der Waals surface area contributed by atoms with E-state index in [-0.39, 0.29) is 69.5 Å². The van der Waals surface area contributed by atoms with Crippen molar-refractivity contribution in [1.82, 2.24) is 16.0 Å². The molecular weight excluding hydrogens is 2040 g/mol. The third kappa shape index (κ3) is 47.5. The highest BCUT2D eigenvalue weighted by Gasteiger charge is 2.46. The van der Waals surface area contributed by atoms with Crippen molar-refractivity contribution in [3.05, 3.63) is 268 Å². The highest BCUT2D eigenvalue weighted by molar-refractivity contribution is 7.59. The third-order valence-corrected chi connectivity index (χ3v) is 26.5. The van der Waals surface area contributed by atoms with Crippen LogP contribution in [0.1, 0.15) is 150 Å². The smallest absolute Gasteiger partial charge is 0.480 e. The number of carboxylic acids is 2. The fourth-order valence-electron chi connectivity index (χ4n) is 10.6. The Labute approximate surface area is 820 Å². The van der Waals surface area contributed by atoms with Crippen LogP contribution in [0.4, 0.5) is 63.5 Å². The Bertz CT molecular complexity index is 5470. The SMILES string of the molecule is C.C.C.C.C.C=CC(C)C=C.COC(=O)[C@H](CCP(=O)(O)C(O)c1c([N+](=O)[O-])cccc1[N+](=O)[O-])NC(=O)OCc1ccccc1.COC(=O)[C@H](CCP(=O)(O)C(O)c1ccc(C(F)(F)F)o1)NC(=O)OCc1ccccc1.COC(=O)[C@H](CC[P+](=O)O)NC(=O)OCc1ccccc1.N[C@@H](CCP(=O)(O)C(O)c1c([N+](=O)[O-])cccc1[N+](=O)[O-])C(=O)O.N[C@@H](CCP(=O)(O)C(O)c1ccc(C(F)(F)F)o1)C(=O)O. The molecule has 49 nitrogen and oxygen atoms in total. The summed E-state index contributed by atoms with van der Waals surface area (Å²) in [5.41, 5.74) is 6.97. The molecule has 0 fully saturated rings. The van der Waals surface area contributed by atoms with Crippen molar-refractivity contribution in [3.63, 3.8) is 0 Å². The molecule has 144 heavy (non-hydrogen) atoms. The van der Waals surface area contributed by atoms with Crippen molar-refractivity contribution >= 4 is 108 Å². The van der Waals surface area contributed by atoms with Gasteiger partial charge in [-0.25, -0.2) is 28.8 Å². The molecule has 7 aromatic rings. The van der Waals surface area contributed by atoms with Crippen LogP contribution in [0.15, 0.2) is 186 Å². The van der Waals surface area contributed by atoms with Gasteiger partial charge in [0.25, 0.3) is 22.7 Å². The first-order valence-electron chi connectivity index (χ1n) is 39.3. The predicted octanol–water partition coefficient (Wildman–Crippen LogP) is 14.7. The zero-order valence-corrected chi connectivity index (χ0v) is 77.6. The number of alkyl carbamates (subject to hydrolysis) is 3. The number of hydrogen-bond acceptors (Lipinski definition) is 35. The Morgan fingerprint density at radius 1 is 0.431 bits per heavy atom. The number of alkyl halides is 6. The van der Waals surface area contributed by atoms with Gasteiger partial charge in [-0.15, -0.1) is 13.2 Å². The zero-order chi connectivity index (χ0) is 106. The number of aliphatic hydroxyl groups excluding tert-OH is 4. The van der Waals surface area contributed by atoms with Gasteiger partial charge in [0.2, 0.25) is 41.0 Å². The Kier molecular flexibility index (Phi) is 62.3. The van der Waals surface area contributed by atoms with Crippen LogP contribution in [0.5, 0.6) is 0 Å². The molecule has 3 amide bonds. The summed E-state index contributed by atoms with van der Waals surface area (Å²) in [5, 5.41) is 109. The molecule has 0 aliphatic heterocycles. The van der Waals surface area contributed by atoms with E-state index in [1.54, 1.807) is 72.8 Å². The first-order chi connectivity index (χ1) is 64.7. The number of halogens is 6. The molecule has 0 saturated carbocycles. The molecule has 0 aliphatic rings. The van der Waals surface area contributed by atoms with Crippen LogP contribution < -0.4 is 27.4 Å². The topological polar surface area (TPSA) is 787 Å². The van der Waals surface area contributed by atoms with Crippen molar-refractivity contribution in [2.75, 3.05) is 52.1 Å². The summed E-state index contributed by atoms with van der Waals surface area (Å²) in [6, 6.07) is 27.3. The minimum Gasteiger partial charge on any atom is -0.480 e. The van der Waals surface area contributed by atoms with Crippen LogP contribution in [0.2, 0.25) is 0 Å². The summed E-state index contributed by atoms with van der Waals surface area (Å²) in [6.07, 6.45) is -13.9. The molecule has 60 heteroatoms. The Morgan fingerprint density at radius 2 is 0.674 bits per heavy atom. The van der Waals surface area contributed by atoms with Gasteiger partial charge >= 0.3 is 68.5 Å². The Morgan fingerprint density at radius 3 is 0.882 bits per heavy atom. The summed E-state index contributed by atoms with van der Waals surface area (Å²) in [5.74, 6) is -18.7. The molecule has 18 N–H and O–H groups in total. The van der Waals surface area contributed by atoms with E-state index in [1.165, 1.54) is 7.11 Å². The largest absolute Gasteiger partial charge is 0.505 e. The number of nitrogens with zero attached hydrogens (tertiary/aromatic N) is 4. The van der Waals surface area contributed by atoms with E-state index in [9.17, 15) is 168 Å². The number of esters is 3. The van der Waals surface area contributed by atoms with Gasteiger partial charge in [-0.2, -0.15) is 31.2 Å². The molecule has 0 radical (unpaired) electrons. The fraction of sp³-hybridized carbons (Fsp3) is 0.405. The molecule has 7 rings (SSSR count). The monoisotopic (exact) mass is 2160 g/mol. The van der Waals surface area contributed by atoms with Gasteiger partial charge in [-0.05, 0) is 89.3 Å². The summed E-state index contributed by atoms with van der Waals surface area (Å²) in [7, 11) is -17.5. The van der Waals surface area contributed by atoms with Crippen molar-refractivity contribution in [2.45, 2.75) is 162 Å². The molecule has 5 aromatic carbocycles. The van der Waals surface area contributed by atoms with E-state index in [0.717, 1.165) is 68.3 Å². The minimum absolute atomic E-state index is 0. The molecule has 804 valence electrons. The van der Waals surface area contributed by atoms with Gasteiger partial charge in [-0.1, -0.05) is 147 Å². The first-order valence-corrected chi connectivity index (χ1v) is 48.4. The van der Waals surface area contributed by atoms with Gasteiger partial charge in [0.15, 0.2) is 29.5 Å². The number of carbonyl (C=O) groups is 8. The lowest BCUT2D eigenvalue weighted by Gasteiger charge is -2.21. The summed E-state index contributed by atoms with van der Waals surface area (Å²) < 4.78 is 172. The third-order valence-electron chi connectivity index (χ3n) is 18.2. The number of allylic oxidation sites excluding steroid dienone is 2. The first kappa shape index (κ1) is 137. The number of carbonyl (C=O) groups excluding carboxylic acids is 6. The van der Waals surface area contributed by atoms with Crippen LogP contribution in [-0.4, -0.2) is 205 Å².